The number of rotatable bonds is 12. The van der Waals surface area contributed by atoms with Crippen LogP contribution in [0.3, 0.4) is 0 Å². The van der Waals surface area contributed by atoms with Crippen LogP contribution in [0.2, 0.25) is 10.1 Å². The summed E-state index contributed by atoms with van der Waals surface area (Å²) in [4.78, 5) is 61.2. The predicted molar refractivity (Wildman–Crippen MR) is 185 cm³/mol. The summed E-state index contributed by atoms with van der Waals surface area (Å²) >= 11 is 6.76. The molecule has 1 heterocycles. The maximum atomic E-state index is 12.6. The predicted octanol–water partition coefficient (Wildman–Crippen LogP) is 4.60. The van der Waals surface area contributed by atoms with Crippen LogP contribution in [-0.2, 0) is 49.3 Å². The molecule has 3 aromatic rings. The van der Waals surface area contributed by atoms with Gasteiger partial charge in [-0.2, -0.15) is 0 Å². The van der Waals surface area contributed by atoms with E-state index in [-0.39, 0.29) is 6.61 Å². The summed E-state index contributed by atoms with van der Waals surface area (Å²) in [6.45, 7) is 8.58. The molecule has 1 aliphatic rings. The van der Waals surface area contributed by atoms with Gasteiger partial charge in [0.15, 0.2) is 18.3 Å². The molecule has 262 valence electrons. The Morgan fingerprint density at radius 3 is 1.78 bits per heavy atom. The Morgan fingerprint density at radius 1 is 0.755 bits per heavy atom. The average Bonchev–Trinajstić information content (AvgIpc) is 3.05. The van der Waals surface area contributed by atoms with Crippen LogP contribution in [0.1, 0.15) is 65.2 Å². The highest BCUT2D eigenvalue weighted by molar-refractivity contribution is 6.98. The van der Waals surface area contributed by atoms with Crippen molar-refractivity contribution in [2.45, 2.75) is 89.9 Å². The molecule has 1 N–H and O–H groups in total. The van der Waals surface area contributed by atoms with Gasteiger partial charge in [-0.1, -0.05) is 98.2 Å². The molecule has 12 heteroatoms. The van der Waals surface area contributed by atoms with Gasteiger partial charge in [0.1, 0.15) is 18.8 Å². The highest BCUT2D eigenvalue weighted by atomic mass is 35.5. The fourth-order valence-electron chi connectivity index (χ4n) is 6.39. The standard InChI is InChI=1S/C37H43ClO10Si/c1-23(39)44-22-32-34(45-24(2)40)36(47-26(4)42)35(46-25(3)41)33(48-32)28-17-18-31(38)27(21-28)19-20-37(5,6)49(43,29-13-9-7-10-14-29)30-15-11-8-12-16-30/h7-18,21,32-36,43H,19-20,22H2,1-6H3/t32?,33?,34-,35+,36?/m1/s1. The number of halogens is 1. The van der Waals surface area contributed by atoms with Crippen LogP contribution in [0.15, 0.2) is 78.9 Å². The molecular formula is C37H43ClO10Si. The topological polar surface area (TPSA) is 135 Å². The fourth-order valence-corrected chi connectivity index (χ4v) is 10.3. The molecule has 0 saturated carbocycles. The van der Waals surface area contributed by atoms with Gasteiger partial charge in [-0.05, 0) is 45.4 Å². The van der Waals surface area contributed by atoms with E-state index in [4.69, 9.17) is 35.3 Å². The second-order valence-electron chi connectivity index (χ2n) is 12.8. The van der Waals surface area contributed by atoms with Crippen molar-refractivity contribution in [2.75, 3.05) is 6.61 Å². The Bertz CT molecular complexity index is 1590. The lowest BCUT2D eigenvalue weighted by molar-refractivity contribution is -0.254. The molecule has 0 amide bonds. The Balaban J connectivity index is 1.73. The average molecular weight is 711 g/mol. The minimum atomic E-state index is -3.31. The first-order chi connectivity index (χ1) is 23.1. The Kier molecular flexibility index (Phi) is 12.4. The SMILES string of the molecule is CC(=O)OCC1OC(c2ccc(Cl)c(CCC(C)(C)[Si](O)(c3ccccc3)c3ccccc3)c2)[C@H](OC(C)=O)C(OC(C)=O)[C@@H]1OC(C)=O. The number of aryl methyl sites for hydroxylation is 1. The van der Waals surface area contributed by atoms with Gasteiger partial charge in [0.2, 0.25) is 0 Å². The molecule has 49 heavy (non-hydrogen) atoms. The first kappa shape index (κ1) is 37.8. The molecule has 0 aromatic heterocycles. The summed E-state index contributed by atoms with van der Waals surface area (Å²) < 4.78 is 28.4. The summed E-state index contributed by atoms with van der Waals surface area (Å²) in [7, 11) is -3.31. The molecule has 0 radical (unpaired) electrons. The first-order valence-corrected chi connectivity index (χ1v) is 18.4. The number of hydrogen-bond acceptors (Lipinski definition) is 10. The van der Waals surface area contributed by atoms with Crippen LogP contribution in [0.25, 0.3) is 0 Å². The van der Waals surface area contributed by atoms with Gasteiger partial charge in [0.05, 0.1) is 0 Å². The van der Waals surface area contributed by atoms with Crippen LogP contribution in [-0.4, -0.2) is 68.0 Å². The van der Waals surface area contributed by atoms with Crippen LogP contribution >= 0.6 is 11.6 Å². The summed E-state index contributed by atoms with van der Waals surface area (Å²) in [5.41, 5.74) is 1.28. The van der Waals surface area contributed by atoms with Crippen molar-refractivity contribution in [1.29, 1.82) is 0 Å². The summed E-state index contributed by atoms with van der Waals surface area (Å²) in [5, 5.41) is 1.70. The number of esters is 4. The third kappa shape index (κ3) is 8.96. The van der Waals surface area contributed by atoms with E-state index in [9.17, 15) is 24.0 Å². The quantitative estimate of drug-likeness (QED) is 0.161. The molecule has 0 spiro atoms. The van der Waals surface area contributed by atoms with E-state index in [1.165, 1.54) is 27.7 Å². The number of hydrogen-bond donors (Lipinski definition) is 1. The third-order valence-electron chi connectivity index (χ3n) is 8.77. The number of carbonyl (C=O) groups excluding carboxylic acids is 4. The maximum Gasteiger partial charge on any atom is 0.303 e. The van der Waals surface area contributed by atoms with Gasteiger partial charge >= 0.3 is 23.9 Å². The Hall–Kier alpha value is -4.03. The molecular weight excluding hydrogens is 668 g/mol. The lowest BCUT2D eigenvalue weighted by Crippen LogP contribution is -2.65. The Labute approximate surface area is 292 Å². The van der Waals surface area contributed by atoms with Crippen molar-refractivity contribution in [3.63, 3.8) is 0 Å². The van der Waals surface area contributed by atoms with E-state index >= 15 is 0 Å². The van der Waals surface area contributed by atoms with E-state index in [1.54, 1.807) is 12.1 Å². The van der Waals surface area contributed by atoms with Crippen LogP contribution in [0.5, 0.6) is 0 Å². The van der Waals surface area contributed by atoms with Crippen molar-refractivity contribution in [3.8, 4) is 0 Å². The van der Waals surface area contributed by atoms with E-state index in [0.717, 1.165) is 15.9 Å². The zero-order chi connectivity index (χ0) is 35.9. The first-order valence-electron chi connectivity index (χ1n) is 16.1. The lowest BCUT2D eigenvalue weighted by atomic mass is 9.89. The second-order valence-corrected chi connectivity index (χ2v) is 17.1. The van der Waals surface area contributed by atoms with Gasteiger partial charge in [-0.25, -0.2) is 0 Å². The van der Waals surface area contributed by atoms with Crippen molar-refractivity contribution < 1.29 is 47.7 Å². The zero-order valence-corrected chi connectivity index (χ0v) is 30.3. The third-order valence-corrected chi connectivity index (χ3v) is 13.7. The molecule has 10 nitrogen and oxygen atoms in total. The second kappa shape index (κ2) is 16.1. The van der Waals surface area contributed by atoms with Crippen LogP contribution < -0.4 is 10.4 Å². The van der Waals surface area contributed by atoms with Crippen molar-refractivity contribution in [2.24, 2.45) is 0 Å². The van der Waals surface area contributed by atoms with Crippen molar-refractivity contribution in [3.05, 3.63) is 95.0 Å². The molecule has 1 aliphatic heterocycles. The minimum Gasteiger partial charge on any atom is -0.463 e. The normalized spacial score (nSPS) is 20.9. The molecule has 0 aliphatic carbocycles. The maximum absolute atomic E-state index is 12.6. The van der Waals surface area contributed by atoms with Gasteiger partial charge in [0.25, 0.3) is 8.32 Å². The van der Waals surface area contributed by atoms with Gasteiger partial charge in [0, 0.05) is 32.7 Å². The van der Waals surface area contributed by atoms with Gasteiger partial charge in [-0.3, -0.25) is 19.2 Å². The van der Waals surface area contributed by atoms with E-state index in [0.29, 0.717) is 23.4 Å². The highest BCUT2D eigenvalue weighted by Gasteiger charge is 2.53. The summed E-state index contributed by atoms with van der Waals surface area (Å²) in [6.07, 6.45) is -4.87. The highest BCUT2D eigenvalue weighted by Crippen LogP contribution is 2.42. The monoisotopic (exact) mass is 710 g/mol. The van der Waals surface area contributed by atoms with Gasteiger partial charge in [-0.15, -0.1) is 0 Å². The minimum absolute atomic E-state index is 0.328. The molecule has 0 bridgehead atoms. The lowest BCUT2D eigenvalue weighted by Gasteiger charge is -2.44. The molecule has 3 unspecified atom stereocenters. The number of carbonyl (C=O) groups is 4. The van der Waals surface area contributed by atoms with Gasteiger partial charge < -0.3 is 28.5 Å². The smallest absolute Gasteiger partial charge is 0.303 e. The van der Waals surface area contributed by atoms with Crippen molar-refractivity contribution >= 4 is 54.2 Å². The summed E-state index contributed by atoms with van der Waals surface area (Å²) in [6, 6.07) is 24.7. The molecule has 5 atom stereocenters. The van der Waals surface area contributed by atoms with E-state index < -0.39 is 67.8 Å². The van der Waals surface area contributed by atoms with Crippen LogP contribution in [0, 0.1) is 0 Å². The van der Waals surface area contributed by atoms with E-state index in [1.807, 2.05) is 66.7 Å². The van der Waals surface area contributed by atoms with Crippen LogP contribution in [0.4, 0.5) is 0 Å². The Morgan fingerprint density at radius 2 is 1.27 bits per heavy atom. The van der Waals surface area contributed by atoms with Crippen molar-refractivity contribution in [1.82, 2.24) is 0 Å². The number of benzene rings is 3. The molecule has 1 saturated heterocycles. The fraction of sp³-hybridized carbons (Fsp3) is 0.405. The molecule has 1 fully saturated rings. The zero-order valence-electron chi connectivity index (χ0n) is 28.5. The molecule has 3 aromatic carbocycles. The van der Waals surface area contributed by atoms with E-state index in [2.05, 4.69) is 13.8 Å². The number of ether oxygens (including phenoxy) is 5. The largest absolute Gasteiger partial charge is 0.463 e. The molecule has 4 rings (SSSR count). The summed E-state index contributed by atoms with van der Waals surface area (Å²) in [5.74, 6) is -2.69.